The summed E-state index contributed by atoms with van der Waals surface area (Å²) in [5.41, 5.74) is 0. The molecule has 0 saturated carbocycles. The predicted octanol–water partition coefficient (Wildman–Crippen LogP) is -1.73. The molecule has 5 heteroatoms. The van der Waals surface area contributed by atoms with Gasteiger partial charge in [0, 0.05) is 19.6 Å². The van der Waals surface area contributed by atoms with Gasteiger partial charge in [-0.3, -0.25) is 20.3 Å². The van der Waals surface area contributed by atoms with Crippen LogP contribution in [0.25, 0.3) is 0 Å². The van der Waals surface area contributed by atoms with Gasteiger partial charge in [-0.1, -0.05) is 0 Å². The maximum atomic E-state index is 10.5. The number of aliphatic carboxylic acids is 1. The highest BCUT2D eigenvalue weighted by Gasteiger charge is 2.38. The Labute approximate surface area is 70.7 Å². The summed E-state index contributed by atoms with van der Waals surface area (Å²) in [7, 11) is 0. The molecule has 0 aromatic carbocycles. The minimum Gasteiger partial charge on any atom is -0.480 e. The number of rotatable bonds is 2. The number of carbonyl (C=O) groups is 1. The van der Waals surface area contributed by atoms with Crippen molar-refractivity contribution in [3.8, 4) is 0 Å². The summed E-state index contributed by atoms with van der Waals surface area (Å²) in [6.07, 6.45) is 0.318. The van der Waals surface area contributed by atoms with E-state index in [9.17, 15) is 4.79 Å². The zero-order valence-corrected chi connectivity index (χ0v) is 6.79. The first-order valence-corrected chi connectivity index (χ1v) is 4.20. The van der Waals surface area contributed by atoms with E-state index in [2.05, 4.69) is 10.6 Å². The molecule has 5 nitrogen and oxygen atoms in total. The molecule has 12 heavy (non-hydrogen) atoms. The summed E-state index contributed by atoms with van der Waals surface area (Å²) in [4.78, 5) is 12.5. The van der Waals surface area contributed by atoms with Crippen LogP contribution in [0.4, 0.5) is 0 Å². The molecule has 2 rings (SSSR count). The smallest absolute Gasteiger partial charge is 0.317 e. The molecule has 2 atom stereocenters. The van der Waals surface area contributed by atoms with Crippen molar-refractivity contribution < 1.29 is 9.90 Å². The highest BCUT2D eigenvalue weighted by Crippen LogP contribution is 2.13. The van der Waals surface area contributed by atoms with Crippen molar-refractivity contribution in [2.75, 3.05) is 26.2 Å². The van der Waals surface area contributed by atoms with Gasteiger partial charge in [0.15, 0.2) is 0 Å². The van der Waals surface area contributed by atoms with Gasteiger partial charge in [0.2, 0.25) is 0 Å². The number of fused-ring (bicyclic) bond motifs is 1. The van der Waals surface area contributed by atoms with Gasteiger partial charge in [-0.25, -0.2) is 0 Å². The van der Waals surface area contributed by atoms with Crippen molar-refractivity contribution >= 4 is 5.97 Å². The van der Waals surface area contributed by atoms with Crippen molar-refractivity contribution in [2.45, 2.75) is 12.2 Å². The Bertz CT molecular complexity index is 197. The topological polar surface area (TPSA) is 64.6 Å². The number of hydrogen-bond donors (Lipinski definition) is 3. The Morgan fingerprint density at radius 2 is 2.42 bits per heavy atom. The van der Waals surface area contributed by atoms with Gasteiger partial charge in [0.1, 0.15) is 0 Å². The number of piperazine rings is 1. The zero-order valence-electron chi connectivity index (χ0n) is 6.79. The molecule has 2 unspecified atom stereocenters. The fourth-order valence-corrected chi connectivity index (χ4v) is 1.79. The maximum absolute atomic E-state index is 10.5. The van der Waals surface area contributed by atoms with Crippen LogP contribution < -0.4 is 10.6 Å². The van der Waals surface area contributed by atoms with Crippen LogP contribution in [-0.2, 0) is 4.79 Å². The van der Waals surface area contributed by atoms with Crippen molar-refractivity contribution in [1.29, 1.82) is 0 Å². The second-order valence-electron chi connectivity index (χ2n) is 3.27. The molecule has 2 heterocycles. The summed E-state index contributed by atoms with van der Waals surface area (Å²) in [5.74, 6) is -0.734. The van der Waals surface area contributed by atoms with E-state index in [1.54, 1.807) is 0 Å². The van der Waals surface area contributed by atoms with E-state index in [0.717, 1.165) is 19.6 Å². The summed E-state index contributed by atoms with van der Waals surface area (Å²) in [6.45, 7) is 2.80. The van der Waals surface area contributed by atoms with Gasteiger partial charge in [0.25, 0.3) is 0 Å². The number of carboxylic acids is 1. The second kappa shape index (κ2) is 3.01. The first-order chi connectivity index (χ1) is 5.77. The largest absolute Gasteiger partial charge is 0.480 e. The molecule has 2 aliphatic heterocycles. The molecule has 2 saturated heterocycles. The van der Waals surface area contributed by atoms with Gasteiger partial charge in [-0.15, -0.1) is 0 Å². The number of carboxylic acid groups (broad SMARTS) is 1. The summed E-state index contributed by atoms with van der Waals surface area (Å²) < 4.78 is 0. The molecule has 0 amide bonds. The van der Waals surface area contributed by atoms with E-state index in [1.165, 1.54) is 0 Å². The lowest BCUT2D eigenvalue weighted by Gasteiger charge is -2.48. The van der Waals surface area contributed by atoms with Gasteiger partial charge >= 0.3 is 5.97 Å². The van der Waals surface area contributed by atoms with Crippen LogP contribution in [0.1, 0.15) is 0 Å². The molecular formula is C7H13N3O2. The summed E-state index contributed by atoms with van der Waals surface area (Å²) in [6, 6.07) is 0.384. The van der Waals surface area contributed by atoms with E-state index < -0.39 is 5.97 Å². The van der Waals surface area contributed by atoms with Gasteiger partial charge < -0.3 is 5.11 Å². The van der Waals surface area contributed by atoms with Crippen molar-refractivity contribution in [3.63, 3.8) is 0 Å². The number of hydrogen-bond acceptors (Lipinski definition) is 4. The van der Waals surface area contributed by atoms with Crippen LogP contribution in [0.2, 0.25) is 0 Å². The molecule has 0 aromatic rings. The van der Waals surface area contributed by atoms with Crippen LogP contribution in [0.5, 0.6) is 0 Å². The van der Waals surface area contributed by atoms with E-state index in [1.807, 2.05) is 4.90 Å². The van der Waals surface area contributed by atoms with Crippen molar-refractivity contribution in [2.24, 2.45) is 0 Å². The number of nitrogens with zero attached hydrogens (tertiary/aromatic N) is 1. The molecule has 0 radical (unpaired) electrons. The molecular weight excluding hydrogens is 158 g/mol. The van der Waals surface area contributed by atoms with Gasteiger partial charge in [-0.2, -0.15) is 0 Å². The Morgan fingerprint density at radius 1 is 1.58 bits per heavy atom. The molecule has 2 fully saturated rings. The maximum Gasteiger partial charge on any atom is 0.317 e. The van der Waals surface area contributed by atoms with Crippen molar-refractivity contribution in [1.82, 2.24) is 15.5 Å². The Morgan fingerprint density at radius 3 is 3.00 bits per heavy atom. The lowest BCUT2D eigenvalue weighted by molar-refractivity contribution is -0.140. The third-order valence-electron chi connectivity index (χ3n) is 2.50. The van der Waals surface area contributed by atoms with Crippen LogP contribution in [-0.4, -0.2) is 54.4 Å². The first kappa shape index (κ1) is 7.97. The Balaban J connectivity index is 1.91. The van der Waals surface area contributed by atoms with Crippen LogP contribution in [0, 0.1) is 0 Å². The highest BCUT2D eigenvalue weighted by molar-refractivity contribution is 5.69. The average Bonchev–Trinajstić information content (AvgIpc) is 1.91. The van der Waals surface area contributed by atoms with E-state index in [-0.39, 0.29) is 6.54 Å². The fourth-order valence-electron chi connectivity index (χ4n) is 1.79. The van der Waals surface area contributed by atoms with E-state index in [4.69, 9.17) is 5.11 Å². The third-order valence-corrected chi connectivity index (χ3v) is 2.50. The van der Waals surface area contributed by atoms with Gasteiger partial charge in [-0.05, 0) is 0 Å². The predicted molar refractivity (Wildman–Crippen MR) is 42.8 cm³/mol. The van der Waals surface area contributed by atoms with Gasteiger partial charge in [0.05, 0.1) is 18.8 Å². The normalized spacial score (nSPS) is 35.3. The number of nitrogens with one attached hydrogen (secondary N) is 2. The molecule has 68 valence electrons. The quantitative estimate of drug-likeness (QED) is 0.461. The molecule has 3 N–H and O–H groups in total. The lowest BCUT2D eigenvalue weighted by Crippen LogP contribution is -2.74. The standard InChI is InChI=1S/C7H13N3O2/c11-6(12)4-10-2-1-8-7-5(10)3-9-7/h5,7-9H,1-4H2,(H,11,12). The Hall–Kier alpha value is -0.650. The molecule has 2 aliphatic rings. The Kier molecular flexibility index (Phi) is 2.00. The first-order valence-electron chi connectivity index (χ1n) is 4.20. The van der Waals surface area contributed by atoms with Crippen LogP contribution in [0.3, 0.4) is 0 Å². The average molecular weight is 171 g/mol. The molecule has 0 aromatic heterocycles. The van der Waals surface area contributed by atoms with Crippen LogP contribution >= 0.6 is 0 Å². The SMILES string of the molecule is O=C(O)CN1CCNC2NCC21. The molecule has 0 bridgehead atoms. The minimum absolute atomic E-state index is 0.171. The lowest BCUT2D eigenvalue weighted by atomic mass is 10.0. The fraction of sp³-hybridized carbons (Fsp3) is 0.857. The minimum atomic E-state index is -0.734. The van der Waals surface area contributed by atoms with E-state index in [0.29, 0.717) is 12.2 Å². The zero-order chi connectivity index (χ0) is 8.55. The monoisotopic (exact) mass is 171 g/mol. The molecule has 0 spiro atoms. The summed E-state index contributed by atoms with van der Waals surface area (Å²) in [5, 5.41) is 15.1. The van der Waals surface area contributed by atoms with Crippen LogP contribution in [0.15, 0.2) is 0 Å². The van der Waals surface area contributed by atoms with Crippen molar-refractivity contribution in [3.05, 3.63) is 0 Å². The third kappa shape index (κ3) is 1.31. The molecule has 0 aliphatic carbocycles. The highest BCUT2D eigenvalue weighted by atomic mass is 16.4. The van der Waals surface area contributed by atoms with E-state index >= 15 is 0 Å². The second-order valence-corrected chi connectivity index (χ2v) is 3.27. The summed E-state index contributed by atoms with van der Waals surface area (Å²) >= 11 is 0.